The van der Waals surface area contributed by atoms with Crippen LogP contribution < -0.4 is 16.0 Å². The van der Waals surface area contributed by atoms with E-state index < -0.39 is 5.97 Å². The third-order valence-electron chi connectivity index (χ3n) is 5.03. The first-order chi connectivity index (χ1) is 16.1. The summed E-state index contributed by atoms with van der Waals surface area (Å²) in [7, 11) is 1.35. The van der Waals surface area contributed by atoms with Gasteiger partial charge >= 0.3 is 12.0 Å². The Morgan fingerprint density at radius 2 is 1.82 bits per heavy atom. The normalized spacial score (nSPS) is 10.5. The predicted molar refractivity (Wildman–Crippen MR) is 129 cm³/mol. The van der Waals surface area contributed by atoms with Crippen LogP contribution >= 0.6 is 0 Å². The fourth-order valence-corrected chi connectivity index (χ4v) is 3.52. The number of aromatic nitrogens is 2. The van der Waals surface area contributed by atoms with Crippen molar-refractivity contribution in [2.45, 2.75) is 6.92 Å². The first-order valence-corrected chi connectivity index (χ1v) is 10.4. The molecule has 0 unspecified atom stereocenters. The number of esters is 1. The van der Waals surface area contributed by atoms with Crippen molar-refractivity contribution in [3.8, 4) is 11.1 Å². The number of pyridine rings is 2. The molecule has 0 aliphatic carbocycles. The SMILES string of the molecule is CCNC(=O)Nc1cc2c(-c3ccncc3)ccc(Nc3cccc(C(=O)OC)c3)c2cn1. The minimum atomic E-state index is -0.403. The number of fused-ring (bicyclic) bond motifs is 1. The molecule has 0 spiro atoms. The zero-order valence-corrected chi connectivity index (χ0v) is 18.3. The van der Waals surface area contributed by atoms with E-state index in [0.29, 0.717) is 17.9 Å². The van der Waals surface area contributed by atoms with Gasteiger partial charge in [-0.3, -0.25) is 10.3 Å². The molecule has 2 aromatic carbocycles. The second kappa shape index (κ2) is 9.78. The summed E-state index contributed by atoms with van der Waals surface area (Å²) in [6.07, 6.45) is 5.19. The van der Waals surface area contributed by atoms with Crippen LogP contribution in [-0.4, -0.2) is 35.6 Å². The first-order valence-electron chi connectivity index (χ1n) is 10.4. The Kier molecular flexibility index (Phi) is 6.45. The summed E-state index contributed by atoms with van der Waals surface area (Å²) in [6, 6.07) is 16.4. The number of nitrogens with one attached hydrogen (secondary N) is 3. The third kappa shape index (κ3) is 4.90. The topological polar surface area (TPSA) is 105 Å². The lowest BCUT2D eigenvalue weighted by Gasteiger charge is -2.15. The van der Waals surface area contributed by atoms with Gasteiger partial charge in [0.15, 0.2) is 0 Å². The van der Waals surface area contributed by atoms with E-state index in [1.165, 1.54) is 7.11 Å². The van der Waals surface area contributed by atoms with Crippen LogP contribution in [0, 0.1) is 0 Å². The molecule has 4 aromatic rings. The summed E-state index contributed by atoms with van der Waals surface area (Å²) in [5.41, 5.74) is 3.96. The Hall–Kier alpha value is -4.46. The average Bonchev–Trinajstić information content (AvgIpc) is 2.84. The Morgan fingerprint density at radius 3 is 2.58 bits per heavy atom. The molecule has 3 N–H and O–H groups in total. The molecule has 2 heterocycles. The number of hydrogen-bond donors (Lipinski definition) is 3. The number of hydrogen-bond acceptors (Lipinski definition) is 6. The number of carbonyl (C=O) groups excluding carboxylic acids is 2. The Labute approximate surface area is 191 Å². The highest BCUT2D eigenvalue weighted by Crippen LogP contribution is 2.35. The van der Waals surface area contributed by atoms with E-state index in [9.17, 15) is 9.59 Å². The van der Waals surface area contributed by atoms with Crippen molar-refractivity contribution in [2.24, 2.45) is 0 Å². The molecule has 166 valence electrons. The van der Waals surface area contributed by atoms with Crippen molar-refractivity contribution >= 4 is 40.0 Å². The molecule has 0 atom stereocenters. The van der Waals surface area contributed by atoms with E-state index in [1.807, 2.05) is 43.3 Å². The molecule has 4 rings (SSSR count). The second-order valence-electron chi connectivity index (χ2n) is 7.19. The lowest BCUT2D eigenvalue weighted by Crippen LogP contribution is -2.28. The summed E-state index contributed by atoms with van der Waals surface area (Å²) in [6.45, 7) is 2.36. The zero-order chi connectivity index (χ0) is 23.2. The van der Waals surface area contributed by atoms with E-state index in [2.05, 4.69) is 25.9 Å². The van der Waals surface area contributed by atoms with Crippen LogP contribution in [0.3, 0.4) is 0 Å². The zero-order valence-electron chi connectivity index (χ0n) is 18.3. The van der Waals surface area contributed by atoms with Crippen molar-refractivity contribution in [3.63, 3.8) is 0 Å². The lowest BCUT2D eigenvalue weighted by molar-refractivity contribution is 0.0600. The minimum absolute atomic E-state index is 0.316. The maximum Gasteiger partial charge on any atom is 0.337 e. The fraction of sp³-hybridized carbons (Fsp3) is 0.120. The molecule has 33 heavy (non-hydrogen) atoms. The Balaban J connectivity index is 1.78. The van der Waals surface area contributed by atoms with Crippen LogP contribution in [0.15, 0.2) is 73.2 Å². The summed E-state index contributed by atoms with van der Waals surface area (Å²) < 4.78 is 4.82. The highest BCUT2D eigenvalue weighted by atomic mass is 16.5. The molecular weight excluding hydrogens is 418 g/mol. The molecule has 0 saturated carbocycles. The van der Waals surface area contributed by atoms with Gasteiger partial charge in [-0.15, -0.1) is 0 Å². The Bertz CT molecular complexity index is 1310. The van der Waals surface area contributed by atoms with E-state index >= 15 is 0 Å². The van der Waals surface area contributed by atoms with Gasteiger partial charge in [0.25, 0.3) is 0 Å². The number of methoxy groups -OCH3 is 1. The van der Waals surface area contributed by atoms with Crippen molar-refractivity contribution in [1.82, 2.24) is 15.3 Å². The molecule has 0 saturated heterocycles. The van der Waals surface area contributed by atoms with E-state index in [1.54, 1.807) is 36.8 Å². The standard InChI is InChI=1S/C25H23N5O3/c1-3-27-25(32)30-23-14-20-19(16-9-11-26-12-10-16)7-8-22(21(20)15-28-23)29-18-6-4-5-17(13-18)24(31)33-2/h4-15,29H,3H2,1-2H3,(H2,27,28,30,32). The number of nitrogens with zero attached hydrogens (tertiary/aromatic N) is 2. The van der Waals surface area contributed by atoms with Gasteiger partial charge in [-0.05, 0) is 65.9 Å². The maximum atomic E-state index is 12.0. The van der Waals surface area contributed by atoms with Gasteiger partial charge in [-0.2, -0.15) is 0 Å². The van der Waals surface area contributed by atoms with Crippen molar-refractivity contribution in [3.05, 3.63) is 78.8 Å². The molecular formula is C25H23N5O3. The number of rotatable bonds is 6. The van der Waals surface area contributed by atoms with Crippen LogP contribution in [-0.2, 0) is 4.74 Å². The van der Waals surface area contributed by atoms with Gasteiger partial charge in [0.05, 0.1) is 12.7 Å². The molecule has 8 nitrogen and oxygen atoms in total. The number of urea groups is 1. The molecule has 2 aromatic heterocycles. The monoisotopic (exact) mass is 441 g/mol. The highest BCUT2D eigenvalue weighted by Gasteiger charge is 2.12. The number of benzene rings is 2. The minimum Gasteiger partial charge on any atom is -0.465 e. The van der Waals surface area contributed by atoms with E-state index in [0.717, 1.165) is 33.3 Å². The van der Waals surface area contributed by atoms with Gasteiger partial charge in [-0.25, -0.2) is 14.6 Å². The molecule has 0 aliphatic rings. The van der Waals surface area contributed by atoms with Crippen LogP contribution in [0.1, 0.15) is 17.3 Å². The van der Waals surface area contributed by atoms with Crippen LogP contribution in [0.2, 0.25) is 0 Å². The van der Waals surface area contributed by atoms with Crippen LogP contribution in [0.4, 0.5) is 22.0 Å². The summed E-state index contributed by atoms with van der Waals surface area (Å²) >= 11 is 0. The van der Waals surface area contributed by atoms with Crippen LogP contribution in [0.25, 0.3) is 21.9 Å². The van der Waals surface area contributed by atoms with E-state index in [-0.39, 0.29) is 6.03 Å². The lowest BCUT2D eigenvalue weighted by atomic mass is 9.98. The number of anilines is 3. The van der Waals surface area contributed by atoms with Gasteiger partial charge in [0.2, 0.25) is 0 Å². The van der Waals surface area contributed by atoms with Crippen molar-refractivity contribution in [2.75, 3.05) is 24.3 Å². The fourth-order valence-electron chi connectivity index (χ4n) is 3.52. The van der Waals surface area contributed by atoms with Gasteiger partial charge in [-0.1, -0.05) is 12.1 Å². The van der Waals surface area contributed by atoms with Gasteiger partial charge in [0, 0.05) is 41.9 Å². The molecule has 0 aliphatic heterocycles. The molecule has 8 heteroatoms. The first kappa shape index (κ1) is 21.8. The predicted octanol–water partition coefficient (Wildman–Crippen LogP) is 4.97. The smallest absolute Gasteiger partial charge is 0.337 e. The van der Waals surface area contributed by atoms with Crippen LogP contribution in [0.5, 0.6) is 0 Å². The summed E-state index contributed by atoms with van der Waals surface area (Å²) in [4.78, 5) is 32.4. The quantitative estimate of drug-likeness (QED) is 0.365. The number of ether oxygens (including phenoxy) is 1. The van der Waals surface area contributed by atoms with Crippen molar-refractivity contribution in [1.29, 1.82) is 0 Å². The van der Waals surface area contributed by atoms with Gasteiger partial charge < -0.3 is 15.4 Å². The molecule has 2 amide bonds. The van der Waals surface area contributed by atoms with E-state index in [4.69, 9.17) is 4.74 Å². The molecule has 0 radical (unpaired) electrons. The molecule has 0 fully saturated rings. The van der Waals surface area contributed by atoms with Gasteiger partial charge in [0.1, 0.15) is 5.82 Å². The molecule has 0 bridgehead atoms. The maximum absolute atomic E-state index is 12.0. The Morgan fingerprint density at radius 1 is 1.00 bits per heavy atom. The third-order valence-corrected chi connectivity index (χ3v) is 5.03. The number of amides is 2. The summed E-state index contributed by atoms with van der Waals surface area (Å²) in [5.74, 6) is 0.0351. The largest absolute Gasteiger partial charge is 0.465 e. The second-order valence-corrected chi connectivity index (χ2v) is 7.19. The number of carbonyl (C=O) groups is 2. The van der Waals surface area contributed by atoms with Crippen molar-refractivity contribution < 1.29 is 14.3 Å². The average molecular weight is 441 g/mol. The highest BCUT2D eigenvalue weighted by molar-refractivity contribution is 6.05. The summed E-state index contributed by atoms with van der Waals surface area (Å²) in [5, 5.41) is 10.6.